The van der Waals surface area contributed by atoms with Crippen LogP contribution in [0.15, 0.2) is 46.9 Å². The number of hydrogen-bond acceptors (Lipinski definition) is 2. The molecule has 1 unspecified atom stereocenters. The molecule has 21 heavy (non-hydrogen) atoms. The largest absolute Gasteiger partial charge is 0.375 e. The maximum Gasteiger partial charge on any atom is 0.147 e. The van der Waals surface area contributed by atoms with E-state index < -0.39 is 11.6 Å². The number of benzene rings is 2. The molecule has 1 aromatic heterocycles. The molecular weight excluding hydrogens is 356 g/mol. The lowest BCUT2D eigenvalue weighted by molar-refractivity contribution is 0.595. The van der Waals surface area contributed by atoms with Gasteiger partial charge in [0.1, 0.15) is 11.6 Å². The quantitative estimate of drug-likeness (QED) is 0.550. The van der Waals surface area contributed by atoms with Crippen molar-refractivity contribution in [2.45, 2.75) is 13.0 Å². The van der Waals surface area contributed by atoms with Crippen molar-refractivity contribution in [1.82, 2.24) is 0 Å². The predicted octanol–water partition coefficient (Wildman–Crippen LogP) is 6.12. The Balaban J connectivity index is 1.89. The SMILES string of the molecule is CC(Nc1cc(F)c(Br)cc1F)c1cc2ccccc2s1. The topological polar surface area (TPSA) is 12.0 Å². The van der Waals surface area contributed by atoms with Crippen LogP contribution in [0.1, 0.15) is 17.8 Å². The molecule has 0 radical (unpaired) electrons. The molecule has 1 nitrogen and oxygen atoms in total. The van der Waals surface area contributed by atoms with E-state index in [1.807, 2.05) is 25.1 Å². The molecule has 0 spiro atoms. The third-order valence-corrected chi connectivity index (χ3v) is 5.16. The number of hydrogen-bond donors (Lipinski definition) is 1. The fourth-order valence-corrected chi connectivity index (χ4v) is 3.54. The van der Waals surface area contributed by atoms with E-state index in [9.17, 15) is 8.78 Å². The van der Waals surface area contributed by atoms with Crippen LogP contribution >= 0.6 is 27.3 Å². The number of fused-ring (bicyclic) bond motifs is 1. The van der Waals surface area contributed by atoms with E-state index in [0.29, 0.717) is 0 Å². The Kier molecular flexibility index (Phi) is 3.95. The van der Waals surface area contributed by atoms with Crippen molar-refractivity contribution in [3.8, 4) is 0 Å². The number of nitrogens with one attached hydrogen (secondary N) is 1. The predicted molar refractivity (Wildman–Crippen MR) is 87.9 cm³/mol. The molecule has 0 aliphatic rings. The summed E-state index contributed by atoms with van der Waals surface area (Å²) in [6.45, 7) is 1.93. The van der Waals surface area contributed by atoms with Crippen LogP contribution in [0.4, 0.5) is 14.5 Å². The van der Waals surface area contributed by atoms with Crippen LogP contribution in [0.5, 0.6) is 0 Å². The molecule has 1 heterocycles. The molecule has 5 heteroatoms. The summed E-state index contributed by atoms with van der Waals surface area (Å²) in [5, 5.41) is 4.19. The fraction of sp³-hybridized carbons (Fsp3) is 0.125. The van der Waals surface area contributed by atoms with Crippen LogP contribution in [-0.2, 0) is 0 Å². The zero-order chi connectivity index (χ0) is 15.0. The summed E-state index contributed by atoms with van der Waals surface area (Å²) in [6.07, 6.45) is 0. The number of halogens is 3. The first-order chi connectivity index (χ1) is 10.0. The van der Waals surface area contributed by atoms with Crippen molar-refractivity contribution >= 4 is 43.0 Å². The molecule has 1 atom stereocenters. The Hall–Kier alpha value is -1.46. The van der Waals surface area contributed by atoms with Crippen LogP contribution < -0.4 is 5.32 Å². The molecule has 0 fully saturated rings. The minimum absolute atomic E-state index is 0.0996. The van der Waals surface area contributed by atoms with Gasteiger partial charge in [-0.2, -0.15) is 0 Å². The minimum atomic E-state index is -0.484. The smallest absolute Gasteiger partial charge is 0.147 e. The van der Waals surface area contributed by atoms with Gasteiger partial charge in [-0.15, -0.1) is 11.3 Å². The molecule has 0 aliphatic heterocycles. The molecule has 1 N–H and O–H groups in total. The van der Waals surface area contributed by atoms with Gasteiger partial charge in [0, 0.05) is 15.6 Å². The molecule has 3 rings (SSSR count). The molecule has 3 aromatic rings. The Labute approximate surface area is 133 Å². The van der Waals surface area contributed by atoms with Gasteiger partial charge in [0.05, 0.1) is 16.2 Å². The molecule has 2 aromatic carbocycles. The zero-order valence-electron chi connectivity index (χ0n) is 11.2. The van der Waals surface area contributed by atoms with Crippen molar-refractivity contribution in [3.63, 3.8) is 0 Å². The summed E-state index contributed by atoms with van der Waals surface area (Å²) in [7, 11) is 0. The van der Waals surface area contributed by atoms with Crippen LogP contribution in [0.25, 0.3) is 10.1 Å². The highest BCUT2D eigenvalue weighted by Crippen LogP contribution is 2.32. The Morgan fingerprint density at radius 1 is 1.10 bits per heavy atom. The van der Waals surface area contributed by atoms with Crippen LogP contribution in [-0.4, -0.2) is 0 Å². The Bertz CT molecular complexity index is 767. The first-order valence-corrected chi connectivity index (χ1v) is 8.05. The number of anilines is 1. The van der Waals surface area contributed by atoms with E-state index >= 15 is 0 Å². The van der Waals surface area contributed by atoms with Gasteiger partial charge in [-0.3, -0.25) is 0 Å². The lowest BCUT2D eigenvalue weighted by Crippen LogP contribution is -2.07. The fourth-order valence-electron chi connectivity index (χ4n) is 2.15. The molecule has 0 bridgehead atoms. The summed E-state index contributed by atoms with van der Waals surface area (Å²) in [4.78, 5) is 1.08. The summed E-state index contributed by atoms with van der Waals surface area (Å²) < 4.78 is 28.7. The van der Waals surface area contributed by atoms with E-state index in [4.69, 9.17) is 0 Å². The second-order valence-electron chi connectivity index (χ2n) is 4.80. The van der Waals surface area contributed by atoms with Gasteiger partial charge in [0.15, 0.2) is 0 Å². The molecule has 0 amide bonds. The molecule has 0 saturated heterocycles. The molecule has 0 aliphatic carbocycles. The summed E-state index contributed by atoms with van der Waals surface area (Å²) in [5.41, 5.74) is 0.167. The van der Waals surface area contributed by atoms with Gasteiger partial charge < -0.3 is 5.32 Å². The van der Waals surface area contributed by atoms with Gasteiger partial charge in [-0.25, -0.2) is 8.78 Å². The average molecular weight is 368 g/mol. The second kappa shape index (κ2) is 5.73. The third-order valence-electron chi connectivity index (χ3n) is 3.25. The third kappa shape index (κ3) is 2.94. The van der Waals surface area contributed by atoms with Gasteiger partial charge in [0.25, 0.3) is 0 Å². The van der Waals surface area contributed by atoms with Crippen molar-refractivity contribution in [2.24, 2.45) is 0 Å². The highest BCUT2D eigenvalue weighted by molar-refractivity contribution is 9.10. The lowest BCUT2D eigenvalue weighted by Gasteiger charge is -2.14. The lowest BCUT2D eigenvalue weighted by atomic mass is 10.2. The van der Waals surface area contributed by atoms with E-state index in [0.717, 1.165) is 16.3 Å². The first-order valence-electron chi connectivity index (χ1n) is 6.44. The summed E-state index contributed by atoms with van der Waals surface area (Å²) in [6, 6.07) is 12.4. The zero-order valence-corrected chi connectivity index (χ0v) is 13.6. The monoisotopic (exact) mass is 367 g/mol. The minimum Gasteiger partial charge on any atom is -0.375 e. The first kappa shape index (κ1) is 14.5. The van der Waals surface area contributed by atoms with Gasteiger partial charge in [-0.05, 0) is 46.4 Å². The van der Waals surface area contributed by atoms with Gasteiger partial charge in [0.2, 0.25) is 0 Å². The van der Waals surface area contributed by atoms with Crippen LogP contribution in [0, 0.1) is 11.6 Å². The molecular formula is C16H12BrF2NS. The number of rotatable bonds is 3. The van der Waals surface area contributed by atoms with Crippen molar-refractivity contribution in [3.05, 3.63) is 63.4 Å². The van der Waals surface area contributed by atoms with E-state index in [2.05, 4.69) is 33.4 Å². The maximum absolute atomic E-state index is 13.9. The van der Waals surface area contributed by atoms with Gasteiger partial charge in [-0.1, -0.05) is 18.2 Å². The van der Waals surface area contributed by atoms with E-state index in [-0.39, 0.29) is 16.2 Å². The molecule has 108 valence electrons. The highest BCUT2D eigenvalue weighted by Gasteiger charge is 2.13. The van der Waals surface area contributed by atoms with Crippen LogP contribution in [0.3, 0.4) is 0 Å². The highest BCUT2D eigenvalue weighted by atomic mass is 79.9. The van der Waals surface area contributed by atoms with Gasteiger partial charge >= 0.3 is 0 Å². The Morgan fingerprint density at radius 2 is 1.86 bits per heavy atom. The second-order valence-corrected chi connectivity index (χ2v) is 6.77. The van der Waals surface area contributed by atoms with Crippen molar-refractivity contribution in [1.29, 1.82) is 0 Å². The molecule has 0 saturated carbocycles. The Morgan fingerprint density at radius 3 is 2.62 bits per heavy atom. The number of thiophene rings is 1. The summed E-state index contributed by atoms with van der Waals surface area (Å²) in [5.74, 6) is -0.960. The standard InChI is InChI=1S/C16H12BrF2NS/c1-9(16-6-10-4-2-3-5-15(10)21-16)20-14-8-12(18)11(17)7-13(14)19/h2-9,20H,1H3. The average Bonchev–Trinajstić information content (AvgIpc) is 2.88. The van der Waals surface area contributed by atoms with E-state index in [1.54, 1.807) is 11.3 Å². The normalized spacial score (nSPS) is 12.6. The van der Waals surface area contributed by atoms with Crippen molar-refractivity contribution in [2.75, 3.05) is 5.32 Å². The van der Waals surface area contributed by atoms with E-state index in [1.165, 1.54) is 10.8 Å². The summed E-state index contributed by atoms with van der Waals surface area (Å²) >= 11 is 4.62. The van der Waals surface area contributed by atoms with Crippen molar-refractivity contribution < 1.29 is 8.78 Å². The maximum atomic E-state index is 13.9. The van der Waals surface area contributed by atoms with Crippen LogP contribution in [0.2, 0.25) is 0 Å².